The number of ether oxygens (including phenoxy) is 2. The number of piperazine rings is 1. The summed E-state index contributed by atoms with van der Waals surface area (Å²) < 4.78 is 13.5. The van der Waals surface area contributed by atoms with E-state index in [-0.39, 0.29) is 18.6 Å². The van der Waals surface area contributed by atoms with Gasteiger partial charge in [-0.05, 0) is 30.5 Å². The molecule has 39 heavy (non-hydrogen) atoms. The first-order valence-electron chi connectivity index (χ1n) is 13.6. The third-order valence-corrected chi connectivity index (χ3v) is 7.19. The first kappa shape index (κ1) is 25.1. The molecule has 2 fully saturated rings. The van der Waals surface area contributed by atoms with Crippen LogP contribution in [0.2, 0.25) is 0 Å². The molecule has 4 heterocycles. The number of benzene rings is 2. The van der Waals surface area contributed by atoms with Gasteiger partial charge in [0, 0.05) is 39.3 Å². The maximum Gasteiger partial charge on any atom is 0.260 e. The van der Waals surface area contributed by atoms with E-state index < -0.39 is 0 Å². The van der Waals surface area contributed by atoms with Crippen LogP contribution in [0.1, 0.15) is 18.4 Å². The van der Waals surface area contributed by atoms with Crippen LogP contribution >= 0.6 is 0 Å². The lowest BCUT2D eigenvalue weighted by Crippen LogP contribution is -2.50. The predicted molar refractivity (Wildman–Crippen MR) is 149 cm³/mol. The molecule has 1 N–H and O–H groups in total. The van der Waals surface area contributed by atoms with Crippen molar-refractivity contribution >= 4 is 28.8 Å². The number of aromatic nitrogens is 4. The zero-order valence-electron chi connectivity index (χ0n) is 21.9. The molecule has 1 amide bonds. The molecule has 4 aromatic rings. The molecule has 0 saturated carbocycles. The van der Waals surface area contributed by atoms with Crippen LogP contribution < -0.4 is 15.0 Å². The van der Waals surface area contributed by atoms with Gasteiger partial charge in [-0.3, -0.25) is 4.79 Å². The van der Waals surface area contributed by atoms with Gasteiger partial charge in [-0.25, -0.2) is 4.98 Å². The summed E-state index contributed by atoms with van der Waals surface area (Å²) in [5.74, 6) is 2.03. The molecular formula is C29H33N7O3. The number of carbonyl (C=O) groups is 1. The Morgan fingerprint density at radius 3 is 2.51 bits per heavy atom. The van der Waals surface area contributed by atoms with Gasteiger partial charge in [-0.15, -0.1) is 0 Å². The van der Waals surface area contributed by atoms with E-state index in [9.17, 15) is 4.79 Å². The lowest BCUT2D eigenvalue weighted by molar-refractivity contribution is -0.133. The number of amides is 1. The summed E-state index contributed by atoms with van der Waals surface area (Å²) in [6, 6.07) is 19.7. The standard InChI is InChI=1S/C29H33N7O3/c37-25(20-39-23-10-5-2-6-11-23)34-13-15-35(16-14-34)29-32-27(30-18-24-12-7-17-38-24)26-28(33-29)36(21-31-26)19-22-8-3-1-4-9-22/h1-6,8-11,21,24H,7,12-20H2,(H,30,32,33). The Kier molecular flexibility index (Phi) is 7.53. The van der Waals surface area contributed by atoms with Crippen molar-refractivity contribution < 1.29 is 14.3 Å². The van der Waals surface area contributed by atoms with Crippen LogP contribution in [-0.4, -0.2) is 82.4 Å². The van der Waals surface area contributed by atoms with Crippen LogP contribution in [0.4, 0.5) is 11.8 Å². The number of rotatable bonds is 9. The van der Waals surface area contributed by atoms with E-state index in [2.05, 4.69) is 31.9 Å². The van der Waals surface area contributed by atoms with Gasteiger partial charge in [0.25, 0.3) is 5.91 Å². The second-order valence-corrected chi connectivity index (χ2v) is 9.89. The molecule has 1 unspecified atom stereocenters. The Morgan fingerprint density at radius 2 is 1.77 bits per heavy atom. The van der Waals surface area contributed by atoms with Crippen molar-refractivity contribution in [2.24, 2.45) is 0 Å². The fourth-order valence-corrected chi connectivity index (χ4v) is 5.02. The number of hydrogen-bond donors (Lipinski definition) is 1. The van der Waals surface area contributed by atoms with Crippen molar-refractivity contribution in [3.63, 3.8) is 0 Å². The van der Waals surface area contributed by atoms with E-state index in [4.69, 9.17) is 19.4 Å². The monoisotopic (exact) mass is 527 g/mol. The number of nitrogens with zero attached hydrogens (tertiary/aromatic N) is 6. The third kappa shape index (κ3) is 5.96. The Balaban J connectivity index is 1.18. The van der Waals surface area contributed by atoms with Gasteiger partial charge >= 0.3 is 0 Å². The highest BCUT2D eigenvalue weighted by atomic mass is 16.5. The van der Waals surface area contributed by atoms with Gasteiger partial charge in [0.2, 0.25) is 5.95 Å². The number of imidazole rings is 1. The van der Waals surface area contributed by atoms with Crippen molar-refractivity contribution in [1.29, 1.82) is 0 Å². The van der Waals surface area contributed by atoms with Crippen molar-refractivity contribution in [1.82, 2.24) is 24.4 Å². The number of hydrogen-bond acceptors (Lipinski definition) is 8. The molecule has 202 valence electrons. The normalized spacial score (nSPS) is 17.5. The van der Waals surface area contributed by atoms with Gasteiger partial charge in [0.15, 0.2) is 23.6 Å². The largest absolute Gasteiger partial charge is 0.484 e. The van der Waals surface area contributed by atoms with Crippen LogP contribution in [0.15, 0.2) is 67.0 Å². The van der Waals surface area contributed by atoms with E-state index in [1.807, 2.05) is 59.8 Å². The molecule has 2 saturated heterocycles. The summed E-state index contributed by atoms with van der Waals surface area (Å²) in [7, 11) is 0. The number of anilines is 2. The minimum absolute atomic E-state index is 0.0188. The molecule has 2 aliphatic heterocycles. The van der Waals surface area contributed by atoms with Crippen LogP contribution in [0.3, 0.4) is 0 Å². The molecule has 0 spiro atoms. The molecule has 0 aliphatic carbocycles. The molecule has 10 nitrogen and oxygen atoms in total. The van der Waals surface area contributed by atoms with Crippen molar-refractivity contribution in [3.05, 3.63) is 72.6 Å². The molecule has 10 heteroatoms. The molecule has 6 rings (SSSR count). The van der Waals surface area contributed by atoms with Crippen LogP contribution in [-0.2, 0) is 16.1 Å². The Hall–Kier alpha value is -4.18. The molecule has 2 aromatic heterocycles. The Labute approximate surface area is 227 Å². The first-order valence-corrected chi connectivity index (χ1v) is 13.6. The second kappa shape index (κ2) is 11.7. The molecule has 2 aromatic carbocycles. The van der Waals surface area contributed by atoms with E-state index in [1.165, 1.54) is 5.56 Å². The highest BCUT2D eigenvalue weighted by molar-refractivity contribution is 5.84. The Morgan fingerprint density at radius 1 is 1.00 bits per heavy atom. The average molecular weight is 528 g/mol. The fraction of sp³-hybridized carbons (Fsp3) is 0.379. The lowest BCUT2D eigenvalue weighted by atomic mass is 10.2. The minimum Gasteiger partial charge on any atom is -0.484 e. The number of para-hydroxylation sites is 1. The predicted octanol–water partition coefficient (Wildman–Crippen LogP) is 3.19. The number of fused-ring (bicyclic) bond motifs is 1. The zero-order valence-corrected chi connectivity index (χ0v) is 21.9. The summed E-state index contributed by atoms with van der Waals surface area (Å²) in [6.07, 6.45) is 4.14. The topological polar surface area (TPSA) is 97.6 Å². The van der Waals surface area contributed by atoms with Crippen LogP contribution in [0.5, 0.6) is 5.75 Å². The van der Waals surface area contributed by atoms with Crippen molar-refractivity contribution in [2.75, 3.05) is 56.2 Å². The smallest absolute Gasteiger partial charge is 0.260 e. The van der Waals surface area contributed by atoms with Gasteiger partial charge in [-0.1, -0.05) is 48.5 Å². The van der Waals surface area contributed by atoms with E-state index in [1.54, 1.807) is 0 Å². The fourth-order valence-electron chi connectivity index (χ4n) is 5.02. The quantitative estimate of drug-likeness (QED) is 0.355. The summed E-state index contributed by atoms with van der Waals surface area (Å²) in [5, 5.41) is 3.49. The van der Waals surface area contributed by atoms with Gasteiger partial charge < -0.3 is 29.2 Å². The average Bonchev–Trinajstić information content (AvgIpc) is 3.66. The second-order valence-electron chi connectivity index (χ2n) is 9.89. The minimum atomic E-state index is -0.0188. The summed E-state index contributed by atoms with van der Waals surface area (Å²) in [4.78, 5) is 31.3. The summed E-state index contributed by atoms with van der Waals surface area (Å²) in [5.41, 5.74) is 2.71. The molecule has 2 aliphatic rings. The highest BCUT2D eigenvalue weighted by Gasteiger charge is 2.25. The van der Waals surface area contributed by atoms with E-state index in [0.29, 0.717) is 56.8 Å². The molecule has 0 bridgehead atoms. The number of carbonyl (C=O) groups excluding carboxylic acids is 1. The SMILES string of the molecule is O=C(COc1ccccc1)N1CCN(c2nc(NCC3CCCO3)c3ncn(Cc4ccccc4)c3n2)CC1. The van der Waals surface area contributed by atoms with Crippen LogP contribution in [0, 0.1) is 0 Å². The summed E-state index contributed by atoms with van der Waals surface area (Å²) >= 11 is 0. The van der Waals surface area contributed by atoms with Gasteiger partial charge in [0.05, 0.1) is 19.0 Å². The van der Waals surface area contributed by atoms with Gasteiger partial charge in [-0.2, -0.15) is 9.97 Å². The van der Waals surface area contributed by atoms with Crippen molar-refractivity contribution in [2.45, 2.75) is 25.5 Å². The lowest BCUT2D eigenvalue weighted by Gasteiger charge is -2.34. The Bertz CT molecular complexity index is 1380. The zero-order chi connectivity index (χ0) is 26.4. The van der Waals surface area contributed by atoms with E-state index >= 15 is 0 Å². The number of nitrogens with one attached hydrogen (secondary N) is 1. The maximum atomic E-state index is 12.8. The molecule has 0 radical (unpaired) electrons. The van der Waals surface area contributed by atoms with Crippen molar-refractivity contribution in [3.8, 4) is 5.75 Å². The summed E-state index contributed by atoms with van der Waals surface area (Å²) in [6.45, 7) is 4.63. The molecule has 1 atom stereocenters. The highest BCUT2D eigenvalue weighted by Crippen LogP contribution is 2.25. The maximum absolute atomic E-state index is 12.8. The van der Waals surface area contributed by atoms with Gasteiger partial charge in [0.1, 0.15) is 5.75 Å². The molecular weight excluding hydrogens is 494 g/mol. The van der Waals surface area contributed by atoms with Crippen LogP contribution in [0.25, 0.3) is 11.2 Å². The first-order chi connectivity index (χ1) is 19.2. The third-order valence-electron chi connectivity index (χ3n) is 7.19. The van der Waals surface area contributed by atoms with E-state index in [0.717, 1.165) is 30.6 Å².